The summed E-state index contributed by atoms with van der Waals surface area (Å²) >= 11 is 0. The minimum Gasteiger partial charge on any atom is -0.392 e. The molecule has 1 atom stereocenters. The van der Waals surface area contributed by atoms with Crippen LogP contribution >= 0.6 is 0 Å². The molecule has 56 valence electrons. The first kappa shape index (κ1) is 7.39. The highest BCUT2D eigenvalue weighted by Gasteiger charge is 2.19. The van der Waals surface area contributed by atoms with Crippen LogP contribution in [0.1, 0.15) is 19.3 Å². The summed E-state index contributed by atoms with van der Waals surface area (Å²) in [5, 5.41) is 3.09. The molecule has 1 saturated carbocycles. The highest BCUT2D eigenvalue weighted by Crippen LogP contribution is 2.31. The lowest BCUT2D eigenvalue weighted by molar-refractivity contribution is 0.610. The molecule has 0 spiro atoms. The predicted molar refractivity (Wildman–Crippen MR) is 44.7 cm³/mol. The maximum absolute atomic E-state index is 3.95. The lowest BCUT2D eigenvalue weighted by Gasteiger charge is -2.10. The van der Waals surface area contributed by atoms with Gasteiger partial charge in [-0.25, -0.2) is 0 Å². The largest absolute Gasteiger partial charge is 0.392 e. The molecule has 10 heavy (non-hydrogen) atoms. The third-order valence-corrected chi connectivity index (χ3v) is 2.20. The van der Waals surface area contributed by atoms with Gasteiger partial charge in [0.1, 0.15) is 0 Å². The average molecular weight is 137 g/mol. The highest BCUT2D eigenvalue weighted by atomic mass is 14.8. The molecule has 0 aromatic rings. The molecular formula is C9H15N. The smallest absolute Gasteiger partial charge is 0.00659 e. The number of rotatable bonds is 2. The molecule has 0 heterocycles. The topological polar surface area (TPSA) is 12.0 Å². The van der Waals surface area contributed by atoms with Gasteiger partial charge >= 0.3 is 0 Å². The molecule has 0 aromatic carbocycles. The van der Waals surface area contributed by atoms with Crippen LogP contribution in [0.2, 0.25) is 0 Å². The molecule has 1 aliphatic rings. The first-order valence-corrected chi connectivity index (χ1v) is 3.77. The molecule has 0 unspecified atom stereocenters. The van der Waals surface area contributed by atoms with E-state index in [-0.39, 0.29) is 0 Å². The van der Waals surface area contributed by atoms with Crippen LogP contribution < -0.4 is 5.32 Å². The number of allylic oxidation sites excluding steroid dienone is 2. The zero-order chi connectivity index (χ0) is 7.56. The second-order valence-corrected chi connectivity index (χ2v) is 2.96. The fraction of sp³-hybridized carbons (Fsp3) is 0.556. The molecule has 0 radical (unpaired) electrons. The maximum Gasteiger partial charge on any atom is 0.00659 e. The Morgan fingerprint density at radius 1 is 1.70 bits per heavy atom. The molecule has 1 rings (SSSR count). The van der Waals surface area contributed by atoms with Gasteiger partial charge in [0.15, 0.2) is 0 Å². The van der Waals surface area contributed by atoms with Crippen molar-refractivity contribution in [1.29, 1.82) is 0 Å². The van der Waals surface area contributed by atoms with Crippen LogP contribution in [0.25, 0.3) is 0 Å². The first-order chi connectivity index (χ1) is 4.74. The van der Waals surface area contributed by atoms with E-state index >= 15 is 0 Å². The van der Waals surface area contributed by atoms with E-state index in [2.05, 4.69) is 18.5 Å². The summed E-state index contributed by atoms with van der Waals surface area (Å²) in [5.74, 6) is 0.650. The van der Waals surface area contributed by atoms with Gasteiger partial charge in [0, 0.05) is 18.7 Å². The molecule has 0 bridgehead atoms. The molecule has 1 aliphatic carbocycles. The standard InChI is InChI=1S/C9H15N/c1-7-4-5-9(6-7)8(2)10-3/h9-10H,1-2,4-6H2,3H3/t9-/m0/s1. The van der Waals surface area contributed by atoms with Crippen LogP contribution in [-0.2, 0) is 0 Å². The van der Waals surface area contributed by atoms with Crippen LogP contribution in [-0.4, -0.2) is 7.05 Å². The number of hydrogen-bond acceptors (Lipinski definition) is 1. The van der Waals surface area contributed by atoms with E-state index in [1.54, 1.807) is 0 Å². The lowest BCUT2D eigenvalue weighted by Crippen LogP contribution is -2.12. The van der Waals surface area contributed by atoms with Gasteiger partial charge in [-0.05, 0) is 19.3 Å². The fourth-order valence-electron chi connectivity index (χ4n) is 1.43. The molecule has 0 saturated heterocycles. The van der Waals surface area contributed by atoms with Crippen molar-refractivity contribution in [2.45, 2.75) is 19.3 Å². The van der Waals surface area contributed by atoms with Crippen LogP contribution in [0.3, 0.4) is 0 Å². The minimum absolute atomic E-state index is 0.650. The van der Waals surface area contributed by atoms with E-state index in [0.717, 1.165) is 6.42 Å². The quantitative estimate of drug-likeness (QED) is 0.574. The van der Waals surface area contributed by atoms with Crippen molar-refractivity contribution in [3.05, 3.63) is 24.4 Å². The van der Waals surface area contributed by atoms with E-state index in [0.29, 0.717) is 5.92 Å². The van der Waals surface area contributed by atoms with Crippen LogP contribution in [0.15, 0.2) is 24.4 Å². The Bertz CT molecular complexity index is 158. The summed E-state index contributed by atoms with van der Waals surface area (Å²) < 4.78 is 0. The first-order valence-electron chi connectivity index (χ1n) is 3.77. The summed E-state index contributed by atoms with van der Waals surface area (Å²) in [6.07, 6.45) is 3.56. The zero-order valence-electron chi connectivity index (χ0n) is 6.61. The van der Waals surface area contributed by atoms with Crippen molar-refractivity contribution < 1.29 is 0 Å². The van der Waals surface area contributed by atoms with Gasteiger partial charge in [-0.1, -0.05) is 18.7 Å². The minimum atomic E-state index is 0.650. The molecule has 1 N–H and O–H groups in total. The van der Waals surface area contributed by atoms with Gasteiger partial charge in [-0.2, -0.15) is 0 Å². The van der Waals surface area contributed by atoms with Crippen LogP contribution in [0, 0.1) is 5.92 Å². The van der Waals surface area contributed by atoms with Crippen molar-refractivity contribution in [2.75, 3.05) is 7.05 Å². The highest BCUT2D eigenvalue weighted by molar-refractivity contribution is 5.11. The number of hydrogen-bond donors (Lipinski definition) is 1. The Balaban J connectivity index is 2.44. The fourth-order valence-corrected chi connectivity index (χ4v) is 1.43. The van der Waals surface area contributed by atoms with Crippen LogP contribution in [0.5, 0.6) is 0 Å². The van der Waals surface area contributed by atoms with Gasteiger partial charge in [0.05, 0.1) is 0 Å². The van der Waals surface area contributed by atoms with E-state index in [9.17, 15) is 0 Å². The molecule has 1 fully saturated rings. The summed E-state index contributed by atoms with van der Waals surface area (Å²) in [4.78, 5) is 0. The van der Waals surface area contributed by atoms with Crippen molar-refractivity contribution in [3.63, 3.8) is 0 Å². The lowest BCUT2D eigenvalue weighted by atomic mass is 10.1. The normalized spacial score (nSPS) is 24.9. The van der Waals surface area contributed by atoms with Gasteiger partial charge < -0.3 is 5.32 Å². The van der Waals surface area contributed by atoms with Gasteiger partial charge in [-0.15, -0.1) is 0 Å². The van der Waals surface area contributed by atoms with Gasteiger partial charge in [0.2, 0.25) is 0 Å². The van der Waals surface area contributed by atoms with E-state index in [1.807, 2.05) is 7.05 Å². The Morgan fingerprint density at radius 2 is 2.40 bits per heavy atom. The monoisotopic (exact) mass is 137 g/mol. The van der Waals surface area contributed by atoms with Crippen molar-refractivity contribution in [3.8, 4) is 0 Å². The van der Waals surface area contributed by atoms with E-state index < -0.39 is 0 Å². The summed E-state index contributed by atoms with van der Waals surface area (Å²) in [6, 6.07) is 0. The van der Waals surface area contributed by atoms with Crippen molar-refractivity contribution in [2.24, 2.45) is 5.92 Å². The summed E-state index contributed by atoms with van der Waals surface area (Å²) in [7, 11) is 1.93. The van der Waals surface area contributed by atoms with E-state index in [4.69, 9.17) is 0 Å². The maximum atomic E-state index is 3.95. The Labute approximate surface area is 62.8 Å². The third-order valence-electron chi connectivity index (χ3n) is 2.20. The molecule has 1 nitrogen and oxygen atoms in total. The van der Waals surface area contributed by atoms with Crippen molar-refractivity contribution >= 4 is 0 Å². The summed E-state index contributed by atoms with van der Waals surface area (Å²) in [6.45, 7) is 7.89. The molecule has 0 aliphatic heterocycles. The SMILES string of the molecule is C=C1CC[C@H](C(=C)NC)C1. The molecule has 1 heteroatoms. The van der Waals surface area contributed by atoms with Gasteiger partial charge in [0.25, 0.3) is 0 Å². The second kappa shape index (κ2) is 2.91. The third kappa shape index (κ3) is 1.41. The Hall–Kier alpha value is -0.720. The second-order valence-electron chi connectivity index (χ2n) is 2.96. The predicted octanol–water partition coefficient (Wildman–Crippen LogP) is 2.08. The Morgan fingerprint density at radius 3 is 2.80 bits per heavy atom. The average Bonchev–Trinajstić information content (AvgIpc) is 2.34. The van der Waals surface area contributed by atoms with Crippen LogP contribution in [0.4, 0.5) is 0 Å². The molecule has 0 aromatic heterocycles. The molecule has 0 amide bonds. The zero-order valence-corrected chi connectivity index (χ0v) is 6.61. The van der Waals surface area contributed by atoms with Crippen molar-refractivity contribution in [1.82, 2.24) is 5.32 Å². The summed E-state index contributed by atoms with van der Waals surface area (Å²) in [5.41, 5.74) is 2.54. The number of nitrogens with one attached hydrogen (secondary N) is 1. The van der Waals surface area contributed by atoms with E-state index in [1.165, 1.54) is 24.1 Å². The molecular weight excluding hydrogens is 122 g/mol. The van der Waals surface area contributed by atoms with Gasteiger partial charge in [-0.3, -0.25) is 0 Å². The Kier molecular flexibility index (Phi) is 2.15.